The zero-order valence-corrected chi connectivity index (χ0v) is 46.7. The highest BCUT2D eigenvalue weighted by Crippen LogP contribution is 2.47. The fraction of sp³-hybridized carbons (Fsp3) is 0.948. The minimum atomic E-state index is -5.08. The van der Waals surface area contributed by atoms with Gasteiger partial charge in [0.05, 0.1) is 18.8 Å². The quantitative estimate of drug-likeness (QED) is 0.0163. The first-order valence-electron chi connectivity index (χ1n) is 30.1. The van der Waals surface area contributed by atoms with Crippen LogP contribution in [0, 0.1) is 0 Å². The van der Waals surface area contributed by atoms with Crippen molar-refractivity contribution in [3.05, 3.63) is 12.2 Å². The summed E-state index contributed by atoms with van der Waals surface area (Å²) in [6.45, 7) is 3.86. The molecule has 0 bridgehead atoms. The van der Waals surface area contributed by atoms with E-state index in [0.717, 1.165) is 44.9 Å². The van der Waals surface area contributed by atoms with E-state index in [0.29, 0.717) is 6.42 Å². The molecule has 0 aromatic carbocycles. The van der Waals surface area contributed by atoms with E-state index in [1.54, 1.807) is 0 Å². The van der Waals surface area contributed by atoms with Crippen LogP contribution in [0.1, 0.15) is 296 Å². The van der Waals surface area contributed by atoms with Crippen LogP contribution in [0.15, 0.2) is 12.2 Å². The Hall–Kier alpha value is -0.920. The van der Waals surface area contributed by atoms with E-state index >= 15 is 0 Å². The van der Waals surface area contributed by atoms with Gasteiger partial charge in [0.2, 0.25) is 5.91 Å². The Morgan fingerprint density at radius 1 is 0.465 bits per heavy atom. The summed E-state index contributed by atoms with van der Waals surface area (Å²) in [4.78, 5) is 23.5. The molecule has 0 spiro atoms. The van der Waals surface area contributed by atoms with Crippen molar-refractivity contribution in [1.82, 2.24) is 5.32 Å². The van der Waals surface area contributed by atoms with E-state index in [1.165, 1.54) is 231 Å². The van der Waals surface area contributed by atoms with E-state index < -0.39 is 63.2 Å². The van der Waals surface area contributed by atoms with Crippen molar-refractivity contribution in [2.24, 2.45) is 0 Å². The molecule has 1 amide bonds. The third kappa shape index (κ3) is 38.3. The van der Waals surface area contributed by atoms with E-state index in [2.05, 4.69) is 19.2 Å². The summed E-state index contributed by atoms with van der Waals surface area (Å²) in [6.07, 6.45) is 46.2. The molecule has 0 aromatic heterocycles. The number of allylic oxidation sites excluding steroid dienone is 1. The Labute approximate surface area is 435 Å². The largest absolute Gasteiger partial charge is 0.472 e. The number of amides is 1. The topological polar surface area (TPSA) is 206 Å². The van der Waals surface area contributed by atoms with Crippen LogP contribution in [0.4, 0.5) is 0 Å². The fourth-order valence-corrected chi connectivity index (χ4v) is 10.9. The molecule has 0 saturated heterocycles. The molecule has 1 rings (SSSR count). The average Bonchev–Trinajstić information content (AvgIpc) is 3.35. The summed E-state index contributed by atoms with van der Waals surface area (Å²) in [5.74, 6) is -0.335. The van der Waals surface area contributed by atoms with Gasteiger partial charge >= 0.3 is 7.82 Å². The maximum Gasteiger partial charge on any atom is 0.472 e. The van der Waals surface area contributed by atoms with Crippen LogP contribution in [-0.2, 0) is 18.4 Å². The summed E-state index contributed by atoms with van der Waals surface area (Å²) in [5, 5.41) is 64.2. The third-order valence-corrected chi connectivity index (χ3v) is 15.8. The molecule has 0 heterocycles. The molecule has 12 nitrogen and oxygen atoms in total. The van der Waals surface area contributed by atoms with Crippen molar-refractivity contribution in [3.8, 4) is 0 Å². The first kappa shape index (κ1) is 68.1. The number of carbonyl (C=O) groups excluding carboxylic acids is 1. The predicted molar refractivity (Wildman–Crippen MR) is 292 cm³/mol. The number of hydrogen-bond acceptors (Lipinski definition) is 10. The van der Waals surface area contributed by atoms with Crippen molar-refractivity contribution in [3.63, 3.8) is 0 Å². The summed E-state index contributed by atoms with van der Waals surface area (Å²) >= 11 is 0. The number of nitrogens with one attached hydrogen (secondary N) is 1. The van der Waals surface area contributed by atoms with Crippen molar-refractivity contribution >= 4 is 13.7 Å². The van der Waals surface area contributed by atoms with Crippen molar-refractivity contribution in [2.75, 3.05) is 6.61 Å². The predicted octanol–water partition coefficient (Wildman–Crippen LogP) is 13.9. The number of hydrogen-bond donors (Lipinski definition) is 8. The SMILES string of the molecule is CCCCCCCCCCC/C=C/[C@@H](O)[C@H](COP(=O)(O)OC1C(O)C(O)C(O)[C@@H](O)C1O)NC(=O)CCCCCCCCCCCCCCCCCCCCCCCCCCCCCCCCCCC. The molecule has 1 aliphatic rings. The number of aliphatic hydroxyl groups excluding tert-OH is 6. The highest BCUT2D eigenvalue weighted by molar-refractivity contribution is 7.47. The molecule has 8 N–H and O–H groups in total. The van der Waals surface area contributed by atoms with Gasteiger partial charge < -0.3 is 40.8 Å². The molecule has 13 heteroatoms. The second kappa shape index (κ2) is 47.5. The highest BCUT2D eigenvalue weighted by atomic mass is 31.2. The number of rotatable bonds is 52. The lowest BCUT2D eigenvalue weighted by Crippen LogP contribution is -2.64. The van der Waals surface area contributed by atoms with Gasteiger partial charge in [0.15, 0.2) is 0 Å². The van der Waals surface area contributed by atoms with Gasteiger partial charge in [-0.1, -0.05) is 283 Å². The average molecular weight is 1030 g/mol. The van der Waals surface area contributed by atoms with Gasteiger partial charge in [-0.05, 0) is 19.3 Å². The number of phosphoric acid groups is 1. The number of carbonyl (C=O) groups is 1. The van der Waals surface area contributed by atoms with E-state index in [-0.39, 0.29) is 12.3 Å². The number of aliphatic hydroxyl groups is 6. The second-order valence-electron chi connectivity index (χ2n) is 21.6. The molecule has 6 unspecified atom stereocenters. The van der Waals surface area contributed by atoms with Crippen LogP contribution >= 0.6 is 7.82 Å². The lowest BCUT2D eigenvalue weighted by atomic mass is 9.85. The molecular weight excluding hydrogens is 918 g/mol. The van der Waals surface area contributed by atoms with Gasteiger partial charge in [0.1, 0.15) is 36.6 Å². The first-order valence-corrected chi connectivity index (χ1v) is 31.6. The fourth-order valence-electron chi connectivity index (χ4n) is 9.97. The van der Waals surface area contributed by atoms with Gasteiger partial charge in [0, 0.05) is 6.42 Å². The summed E-state index contributed by atoms with van der Waals surface area (Å²) in [7, 11) is -5.08. The van der Waals surface area contributed by atoms with Gasteiger partial charge in [-0.15, -0.1) is 0 Å². The minimum Gasteiger partial charge on any atom is -0.387 e. The monoisotopic (exact) mass is 1030 g/mol. The van der Waals surface area contributed by atoms with Crippen LogP contribution in [0.25, 0.3) is 0 Å². The molecule has 1 fully saturated rings. The highest BCUT2D eigenvalue weighted by Gasteiger charge is 2.51. The molecule has 0 aliphatic heterocycles. The van der Waals surface area contributed by atoms with Crippen LogP contribution in [-0.4, -0.2) is 96.8 Å². The molecule has 1 aliphatic carbocycles. The van der Waals surface area contributed by atoms with E-state index in [1.807, 2.05) is 6.08 Å². The summed E-state index contributed by atoms with van der Waals surface area (Å²) < 4.78 is 23.0. The Balaban J connectivity index is 2.16. The van der Waals surface area contributed by atoms with Crippen LogP contribution < -0.4 is 5.32 Å². The van der Waals surface area contributed by atoms with Gasteiger partial charge in [-0.3, -0.25) is 13.8 Å². The number of phosphoric ester groups is 1. The molecule has 1 saturated carbocycles. The molecule has 71 heavy (non-hydrogen) atoms. The maximum absolute atomic E-state index is 13.0. The number of unbranched alkanes of at least 4 members (excludes halogenated alkanes) is 41. The van der Waals surface area contributed by atoms with Crippen LogP contribution in [0.5, 0.6) is 0 Å². The van der Waals surface area contributed by atoms with Gasteiger partial charge in [0.25, 0.3) is 0 Å². The minimum absolute atomic E-state index is 0.219. The zero-order valence-electron chi connectivity index (χ0n) is 45.8. The molecule has 0 radical (unpaired) electrons. The van der Waals surface area contributed by atoms with Gasteiger partial charge in [-0.2, -0.15) is 0 Å². The van der Waals surface area contributed by atoms with Crippen molar-refractivity contribution < 1.29 is 53.9 Å². The van der Waals surface area contributed by atoms with Crippen molar-refractivity contribution in [2.45, 2.75) is 345 Å². The Kier molecular flexibility index (Phi) is 45.6. The smallest absolute Gasteiger partial charge is 0.387 e. The molecule has 0 aromatic rings. The molecule has 422 valence electrons. The van der Waals surface area contributed by atoms with Crippen LogP contribution in [0.3, 0.4) is 0 Å². The van der Waals surface area contributed by atoms with Crippen LogP contribution in [0.2, 0.25) is 0 Å². The normalized spacial score (nSPS) is 21.2. The second-order valence-corrected chi connectivity index (χ2v) is 23.0. The first-order chi connectivity index (χ1) is 34.4. The Morgan fingerprint density at radius 2 is 0.746 bits per heavy atom. The lowest BCUT2D eigenvalue weighted by molar-refractivity contribution is -0.220. The molecular formula is C58H114NO11P. The third-order valence-electron chi connectivity index (χ3n) is 14.8. The lowest BCUT2D eigenvalue weighted by Gasteiger charge is -2.41. The Bertz CT molecular complexity index is 1250. The Morgan fingerprint density at radius 3 is 1.07 bits per heavy atom. The van der Waals surface area contributed by atoms with Gasteiger partial charge in [-0.25, -0.2) is 4.57 Å². The van der Waals surface area contributed by atoms with Crippen molar-refractivity contribution in [1.29, 1.82) is 0 Å². The summed E-state index contributed by atoms with van der Waals surface area (Å²) in [6, 6.07) is -1.11. The maximum atomic E-state index is 13.0. The van der Waals surface area contributed by atoms with E-state index in [4.69, 9.17) is 9.05 Å². The molecule has 9 atom stereocenters. The standard InChI is InChI=1S/C58H114NO11P/c1-3-5-7-9-11-13-15-16-17-18-19-20-21-22-23-24-25-26-27-28-29-30-31-32-33-34-35-36-38-40-42-44-46-48-52(61)59-50(51(60)47-45-43-41-39-37-14-12-10-8-6-4-2)49-69-71(67,68)70-58-56(65)54(63)53(62)55(64)57(58)66/h45,47,50-51,53-58,60,62-66H,3-44,46,48-49H2,1-2H3,(H,59,61)(H,67,68)/b47-45+/t50-,51+,53?,54+,55?,56?,57?,58?/m0/s1. The van der Waals surface area contributed by atoms with E-state index in [9.17, 15) is 44.9 Å². The summed E-state index contributed by atoms with van der Waals surface area (Å²) in [5.41, 5.74) is 0. The zero-order chi connectivity index (χ0) is 52.1.